The van der Waals surface area contributed by atoms with Gasteiger partial charge in [-0.2, -0.15) is 0 Å². The number of halogens is 3. The van der Waals surface area contributed by atoms with Gasteiger partial charge in [0.15, 0.2) is 0 Å². The molecular weight excluding hydrogens is 404 g/mol. The van der Waals surface area contributed by atoms with Gasteiger partial charge in [0.2, 0.25) is 0 Å². The Morgan fingerprint density at radius 2 is 2.06 bits per heavy atom. The lowest BCUT2D eigenvalue weighted by molar-refractivity contribution is 0.0636. The van der Waals surface area contributed by atoms with Gasteiger partial charge in [-0.15, -0.1) is 0 Å². The second-order valence-corrected chi connectivity index (χ2v) is 6.39. The summed E-state index contributed by atoms with van der Waals surface area (Å²) in [7, 11) is 0. The van der Waals surface area contributed by atoms with E-state index in [1.165, 1.54) is 12.1 Å². The normalized spacial score (nSPS) is 11.2. The van der Waals surface area contributed by atoms with Crippen LogP contribution in [0.5, 0.6) is 0 Å². The van der Waals surface area contributed by atoms with Crippen LogP contribution in [-0.4, -0.2) is 11.7 Å². The second kappa shape index (κ2) is 5.51. The van der Waals surface area contributed by atoms with Gasteiger partial charge in [0.05, 0.1) is 10.2 Å². The number of hydrogen-bond acceptors (Lipinski definition) is 2. The maximum absolute atomic E-state index is 13.2. The van der Waals surface area contributed by atoms with E-state index in [4.69, 9.17) is 4.74 Å². The van der Waals surface area contributed by atoms with E-state index in [0.29, 0.717) is 13.7 Å². The molecule has 0 heterocycles. The van der Waals surface area contributed by atoms with Crippen LogP contribution in [0.3, 0.4) is 0 Å². The topological polar surface area (TPSA) is 38.3 Å². The van der Waals surface area contributed by atoms with Crippen molar-refractivity contribution in [3.63, 3.8) is 0 Å². The summed E-state index contributed by atoms with van der Waals surface area (Å²) >= 11 is 5.00. The maximum Gasteiger partial charge on any atom is 0.412 e. The van der Waals surface area contributed by atoms with Crippen LogP contribution in [0, 0.1) is 9.39 Å². The lowest BCUT2D eigenvalue weighted by atomic mass is 10.2. The molecule has 6 heteroatoms. The second-order valence-electron chi connectivity index (χ2n) is 4.37. The van der Waals surface area contributed by atoms with Crippen molar-refractivity contribution in [3.8, 4) is 0 Å². The van der Waals surface area contributed by atoms with Crippen LogP contribution in [0.25, 0.3) is 0 Å². The van der Waals surface area contributed by atoms with E-state index < -0.39 is 11.7 Å². The number of anilines is 1. The summed E-state index contributed by atoms with van der Waals surface area (Å²) in [6.07, 6.45) is -0.561. The number of carbonyl (C=O) groups excluding carboxylic acids is 1. The summed E-state index contributed by atoms with van der Waals surface area (Å²) < 4.78 is 19.2. The molecule has 0 radical (unpaired) electrons. The SMILES string of the molecule is CC(C)(C)OC(=O)Nc1cc(Br)c(F)cc1I. The molecule has 0 aromatic heterocycles. The van der Waals surface area contributed by atoms with Crippen molar-refractivity contribution in [1.29, 1.82) is 0 Å². The Labute approximate surface area is 121 Å². The molecule has 0 spiro atoms. The zero-order valence-corrected chi connectivity index (χ0v) is 13.3. The molecule has 3 nitrogen and oxygen atoms in total. The number of rotatable bonds is 1. The van der Waals surface area contributed by atoms with Crippen molar-refractivity contribution in [1.82, 2.24) is 0 Å². The molecule has 0 bridgehead atoms. The highest BCUT2D eigenvalue weighted by molar-refractivity contribution is 14.1. The van der Waals surface area contributed by atoms with Gasteiger partial charge in [0.1, 0.15) is 11.4 Å². The molecule has 0 saturated carbocycles. The fourth-order valence-electron chi connectivity index (χ4n) is 1.03. The van der Waals surface area contributed by atoms with Crippen LogP contribution in [0.4, 0.5) is 14.9 Å². The third-order valence-corrected chi connectivity index (χ3v) is 3.15. The van der Waals surface area contributed by atoms with Crippen molar-refractivity contribution >= 4 is 50.3 Å². The van der Waals surface area contributed by atoms with Crippen LogP contribution in [0.15, 0.2) is 16.6 Å². The Morgan fingerprint density at radius 1 is 1.47 bits per heavy atom. The summed E-state index contributed by atoms with van der Waals surface area (Å²) in [5.41, 5.74) is -0.0552. The molecule has 17 heavy (non-hydrogen) atoms. The van der Waals surface area contributed by atoms with Gasteiger partial charge >= 0.3 is 6.09 Å². The molecule has 1 rings (SSSR count). The largest absolute Gasteiger partial charge is 0.444 e. The zero-order valence-electron chi connectivity index (χ0n) is 9.61. The van der Waals surface area contributed by atoms with Crippen LogP contribution in [0.1, 0.15) is 20.8 Å². The van der Waals surface area contributed by atoms with E-state index in [1.54, 1.807) is 20.8 Å². The quantitative estimate of drug-likeness (QED) is 0.540. The molecule has 0 fully saturated rings. The molecule has 0 atom stereocenters. The van der Waals surface area contributed by atoms with E-state index in [-0.39, 0.29) is 5.82 Å². The summed E-state index contributed by atoms with van der Waals surface area (Å²) in [6.45, 7) is 5.33. The lowest BCUT2D eigenvalue weighted by Crippen LogP contribution is -2.27. The van der Waals surface area contributed by atoms with Crippen molar-refractivity contribution in [3.05, 3.63) is 26.0 Å². The van der Waals surface area contributed by atoms with Crippen molar-refractivity contribution in [2.45, 2.75) is 26.4 Å². The molecule has 1 amide bonds. The fourth-order valence-corrected chi connectivity index (χ4v) is 1.94. The van der Waals surface area contributed by atoms with E-state index in [0.717, 1.165) is 0 Å². The number of ether oxygens (including phenoxy) is 1. The van der Waals surface area contributed by atoms with Crippen molar-refractivity contribution < 1.29 is 13.9 Å². The molecule has 0 aliphatic heterocycles. The summed E-state index contributed by atoms with van der Waals surface area (Å²) in [4.78, 5) is 11.5. The smallest absolute Gasteiger partial charge is 0.412 e. The number of nitrogens with one attached hydrogen (secondary N) is 1. The Morgan fingerprint density at radius 3 is 2.59 bits per heavy atom. The molecule has 0 aliphatic carbocycles. The van der Waals surface area contributed by atoms with E-state index in [9.17, 15) is 9.18 Å². The number of hydrogen-bond donors (Lipinski definition) is 1. The minimum absolute atomic E-state index is 0.295. The fraction of sp³-hybridized carbons (Fsp3) is 0.364. The monoisotopic (exact) mass is 415 g/mol. The molecule has 94 valence electrons. The van der Waals surface area contributed by atoms with Crippen molar-refractivity contribution in [2.24, 2.45) is 0 Å². The van der Waals surface area contributed by atoms with E-state index in [2.05, 4.69) is 21.2 Å². The van der Waals surface area contributed by atoms with E-state index >= 15 is 0 Å². The molecule has 1 aromatic rings. The van der Waals surface area contributed by atoms with Crippen molar-refractivity contribution in [2.75, 3.05) is 5.32 Å². The first-order valence-corrected chi connectivity index (χ1v) is 6.71. The predicted molar refractivity (Wildman–Crippen MR) is 76.7 cm³/mol. The maximum atomic E-state index is 13.2. The molecule has 1 aromatic carbocycles. The van der Waals surface area contributed by atoms with Gasteiger partial charge in [-0.05, 0) is 71.4 Å². The van der Waals surface area contributed by atoms with Crippen LogP contribution in [0.2, 0.25) is 0 Å². The summed E-state index contributed by atoms with van der Waals surface area (Å²) in [5, 5.41) is 2.57. The van der Waals surface area contributed by atoms with E-state index in [1.807, 2.05) is 22.6 Å². The zero-order chi connectivity index (χ0) is 13.2. The highest BCUT2D eigenvalue weighted by Crippen LogP contribution is 2.26. The highest BCUT2D eigenvalue weighted by Gasteiger charge is 2.17. The Balaban J connectivity index is 2.82. The highest BCUT2D eigenvalue weighted by atomic mass is 127. The van der Waals surface area contributed by atoms with Crippen LogP contribution >= 0.6 is 38.5 Å². The molecule has 1 N–H and O–H groups in total. The molecule has 0 saturated heterocycles. The van der Waals surface area contributed by atoms with Gasteiger partial charge in [-0.25, -0.2) is 9.18 Å². The summed E-state index contributed by atoms with van der Waals surface area (Å²) in [5.74, 6) is -0.371. The first-order chi connectivity index (χ1) is 7.69. The Hall–Kier alpha value is -0.370. The van der Waals surface area contributed by atoms with Gasteiger partial charge in [-0.1, -0.05) is 0 Å². The summed E-state index contributed by atoms with van der Waals surface area (Å²) in [6, 6.07) is 2.83. The molecular formula is C11H12BrFINO2. The third kappa shape index (κ3) is 4.79. The van der Waals surface area contributed by atoms with Crippen LogP contribution < -0.4 is 5.32 Å². The predicted octanol–water partition coefficient (Wildman–Crippen LogP) is 4.54. The lowest BCUT2D eigenvalue weighted by Gasteiger charge is -2.20. The number of amides is 1. The number of benzene rings is 1. The standard InChI is InChI=1S/C11H12BrFINO2/c1-11(2,3)17-10(16)15-9-4-6(12)7(13)5-8(9)14/h4-5H,1-3H3,(H,15,16). The first kappa shape index (κ1) is 14.7. The molecule has 0 aliphatic rings. The van der Waals surface area contributed by atoms with Crippen LogP contribution in [-0.2, 0) is 4.74 Å². The Kier molecular flexibility index (Phi) is 4.77. The minimum atomic E-state index is -0.563. The molecule has 0 unspecified atom stereocenters. The van der Waals surface area contributed by atoms with Gasteiger partial charge < -0.3 is 4.74 Å². The average molecular weight is 416 g/mol. The Bertz CT molecular complexity index is 446. The minimum Gasteiger partial charge on any atom is -0.444 e. The van der Waals surface area contributed by atoms with Gasteiger partial charge in [0.25, 0.3) is 0 Å². The number of carbonyl (C=O) groups is 1. The third-order valence-electron chi connectivity index (χ3n) is 1.65. The average Bonchev–Trinajstić information content (AvgIpc) is 2.11. The first-order valence-electron chi connectivity index (χ1n) is 4.83. The van der Waals surface area contributed by atoms with Gasteiger partial charge in [-0.3, -0.25) is 5.32 Å². The van der Waals surface area contributed by atoms with Gasteiger partial charge in [0, 0.05) is 3.57 Å².